The van der Waals surface area contributed by atoms with Gasteiger partial charge in [0.1, 0.15) is 23.6 Å². The Morgan fingerprint density at radius 2 is 1.90 bits per heavy atom. The molecule has 0 amide bonds. The minimum atomic E-state index is 0.207. The van der Waals surface area contributed by atoms with Crippen LogP contribution in [0.4, 0.5) is 5.82 Å². The predicted octanol–water partition coefficient (Wildman–Crippen LogP) is 3.44. The van der Waals surface area contributed by atoms with Crippen LogP contribution in [-0.2, 0) is 0 Å². The van der Waals surface area contributed by atoms with E-state index < -0.39 is 0 Å². The van der Waals surface area contributed by atoms with E-state index in [1.165, 1.54) is 20.5 Å². The lowest BCUT2D eigenvalue weighted by molar-refractivity contribution is 0.394. The van der Waals surface area contributed by atoms with E-state index in [1.54, 1.807) is 18.2 Å². The van der Waals surface area contributed by atoms with Gasteiger partial charge in [-0.25, -0.2) is 14.6 Å². The number of anilines is 1. The number of ether oxygens (including phenoxy) is 2. The number of nitrogens with zero attached hydrogens (tertiary/aromatic N) is 4. The monoisotopic (exact) mass is 434 g/mol. The van der Waals surface area contributed by atoms with Gasteiger partial charge in [-0.1, -0.05) is 23.2 Å². The summed E-state index contributed by atoms with van der Waals surface area (Å²) in [6, 6.07) is 1.85. The number of nitrogens with one attached hydrogen (secondary N) is 1. The number of aromatic nitrogens is 4. The summed E-state index contributed by atoms with van der Waals surface area (Å²) in [6.07, 6.45) is 5.98. The van der Waals surface area contributed by atoms with E-state index in [4.69, 9.17) is 43.5 Å². The zero-order valence-corrected chi connectivity index (χ0v) is 17.5. The van der Waals surface area contributed by atoms with Gasteiger partial charge in [-0.2, -0.15) is 5.10 Å². The molecular formula is C19H20Cl2N6O2. The third-order valence-corrected chi connectivity index (χ3v) is 5.72. The molecule has 3 N–H and O–H groups in total. The van der Waals surface area contributed by atoms with Gasteiger partial charge in [0.25, 0.3) is 0 Å². The van der Waals surface area contributed by atoms with Gasteiger partial charge < -0.3 is 20.5 Å². The molecule has 8 nitrogen and oxygen atoms in total. The number of methoxy groups -OCH3 is 2. The van der Waals surface area contributed by atoms with E-state index in [9.17, 15) is 0 Å². The van der Waals surface area contributed by atoms with Crippen molar-refractivity contribution in [3.63, 3.8) is 0 Å². The van der Waals surface area contributed by atoms with Crippen molar-refractivity contribution in [2.75, 3.05) is 33.0 Å². The summed E-state index contributed by atoms with van der Waals surface area (Å²) in [4.78, 5) is 8.53. The number of benzene rings is 1. The Morgan fingerprint density at radius 1 is 1.17 bits per heavy atom. The molecule has 3 aromatic rings. The summed E-state index contributed by atoms with van der Waals surface area (Å²) < 4.78 is 12.6. The Bertz CT molecular complexity index is 1060. The maximum Gasteiger partial charge on any atom is 0.164 e. The van der Waals surface area contributed by atoms with Gasteiger partial charge in [-0.3, -0.25) is 0 Å². The first kappa shape index (κ1) is 19.8. The third kappa shape index (κ3) is 3.48. The Hall–Kier alpha value is -2.55. The number of hydrogen-bond donors (Lipinski definition) is 2. The molecule has 1 saturated heterocycles. The summed E-state index contributed by atoms with van der Waals surface area (Å²) in [6.45, 7) is 1.77. The molecule has 1 aliphatic rings. The molecule has 0 saturated carbocycles. The van der Waals surface area contributed by atoms with Crippen molar-refractivity contribution in [3.05, 3.63) is 33.7 Å². The molecule has 3 heterocycles. The fourth-order valence-corrected chi connectivity index (χ4v) is 4.08. The molecule has 0 spiro atoms. The van der Waals surface area contributed by atoms with E-state index in [1.807, 2.05) is 4.68 Å². The molecule has 2 aromatic heterocycles. The molecule has 1 unspecified atom stereocenters. The van der Waals surface area contributed by atoms with E-state index in [2.05, 4.69) is 15.3 Å². The molecule has 1 aliphatic heterocycles. The first-order chi connectivity index (χ1) is 14.0. The molecule has 1 atom stereocenters. The van der Waals surface area contributed by atoms with E-state index in [0.29, 0.717) is 49.7 Å². The molecule has 0 bridgehead atoms. The quantitative estimate of drug-likeness (QED) is 0.633. The van der Waals surface area contributed by atoms with Crippen molar-refractivity contribution in [3.8, 4) is 11.5 Å². The Morgan fingerprint density at radius 3 is 2.52 bits per heavy atom. The maximum absolute atomic E-state index is 6.47. The second-order valence-electron chi connectivity index (χ2n) is 6.59. The third-order valence-electron chi connectivity index (χ3n) is 4.94. The SMILES string of the molecule is COc1cc(OC)c(Cl)c(/C=C/c2nn(C3CCNC3)c3ncnc(N)c23)c1Cl. The minimum absolute atomic E-state index is 0.207. The Balaban J connectivity index is 1.84. The number of hydrogen-bond acceptors (Lipinski definition) is 7. The van der Waals surface area contributed by atoms with Crippen LogP contribution in [0.15, 0.2) is 12.4 Å². The number of nitrogen functional groups attached to an aromatic ring is 1. The highest BCUT2D eigenvalue weighted by atomic mass is 35.5. The molecule has 152 valence electrons. The molecule has 0 aliphatic carbocycles. The predicted molar refractivity (Wildman–Crippen MR) is 115 cm³/mol. The Kier molecular flexibility index (Phi) is 5.49. The molecule has 4 rings (SSSR count). The zero-order valence-electron chi connectivity index (χ0n) is 15.9. The van der Waals surface area contributed by atoms with Crippen LogP contribution in [-0.4, -0.2) is 47.1 Å². The van der Waals surface area contributed by atoms with E-state index in [0.717, 1.165) is 19.5 Å². The summed E-state index contributed by atoms with van der Waals surface area (Å²) in [5.74, 6) is 1.29. The zero-order chi connectivity index (χ0) is 20.5. The summed E-state index contributed by atoms with van der Waals surface area (Å²) in [5.41, 5.74) is 8.04. The number of rotatable bonds is 5. The van der Waals surface area contributed by atoms with Crippen LogP contribution in [0.2, 0.25) is 10.0 Å². The molecular weight excluding hydrogens is 415 g/mol. The maximum atomic E-state index is 6.47. The lowest BCUT2D eigenvalue weighted by Crippen LogP contribution is -2.15. The van der Waals surface area contributed by atoms with Crippen LogP contribution in [0.25, 0.3) is 23.2 Å². The van der Waals surface area contributed by atoms with Crippen molar-refractivity contribution in [2.45, 2.75) is 12.5 Å². The molecule has 10 heteroatoms. The molecule has 1 aromatic carbocycles. The minimum Gasteiger partial charge on any atom is -0.495 e. The van der Waals surface area contributed by atoms with E-state index >= 15 is 0 Å². The normalized spacial score (nSPS) is 16.8. The van der Waals surface area contributed by atoms with Gasteiger partial charge in [0.05, 0.1) is 41.4 Å². The summed E-state index contributed by atoms with van der Waals surface area (Å²) in [5, 5.41) is 9.54. The average Bonchev–Trinajstić information content (AvgIpc) is 3.37. The summed E-state index contributed by atoms with van der Waals surface area (Å²) >= 11 is 12.9. The molecule has 29 heavy (non-hydrogen) atoms. The van der Waals surface area contributed by atoms with Crippen LogP contribution in [0.1, 0.15) is 23.7 Å². The van der Waals surface area contributed by atoms with Crippen molar-refractivity contribution in [1.29, 1.82) is 0 Å². The highest BCUT2D eigenvalue weighted by Gasteiger charge is 2.23. The molecule has 1 fully saturated rings. The van der Waals surface area contributed by atoms with Crippen molar-refractivity contribution in [1.82, 2.24) is 25.1 Å². The Labute approximate surface area is 177 Å². The highest BCUT2D eigenvalue weighted by molar-refractivity contribution is 6.39. The number of fused-ring (bicyclic) bond motifs is 1. The number of nitrogens with two attached hydrogens (primary N) is 1. The van der Waals surface area contributed by atoms with Gasteiger partial charge in [0.15, 0.2) is 5.65 Å². The van der Waals surface area contributed by atoms with Crippen molar-refractivity contribution in [2.24, 2.45) is 0 Å². The van der Waals surface area contributed by atoms with Crippen LogP contribution < -0.4 is 20.5 Å². The second-order valence-corrected chi connectivity index (χ2v) is 7.35. The lowest BCUT2D eigenvalue weighted by atomic mass is 10.1. The van der Waals surface area contributed by atoms with Crippen LogP contribution in [0.5, 0.6) is 11.5 Å². The number of halogens is 2. The fraction of sp³-hybridized carbons (Fsp3) is 0.316. The van der Waals surface area contributed by atoms with Gasteiger partial charge in [-0.05, 0) is 25.1 Å². The van der Waals surface area contributed by atoms with Crippen LogP contribution in [0.3, 0.4) is 0 Å². The largest absolute Gasteiger partial charge is 0.495 e. The first-order valence-corrected chi connectivity index (χ1v) is 9.78. The van der Waals surface area contributed by atoms with Gasteiger partial charge in [0, 0.05) is 18.2 Å². The lowest BCUT2D eigenvalue weighted by Gasteiger charge is -2.12. The van der Waals surface area contributed by atoms with Crippen LogP contribution >= 0.6 is 23.2 Å². The van der Waals surface area contributed by atoms with E-state index in [-0.39, 0.29) is 6.04 Å². The average molecular weight is 435 g/mol. The standard InChI is InChI=1S/C19H20Cl2N6O2/c1-28-13-7-14(29-2)17(21)11(16(13)20)3-4-12-15-18(22)24-9-25-19(15)27(26-12)10-5-6-23-8-10/h3-4,7,9-10,23H,5-6,8H2,1-2H3,(H2,22,24,25)/b4-3+. The van der Waals surface area contributed by atoms with Gasteiger partial charge in [0.2, 0.25) is 0 Å². The fourth-order valence-electron chi connectivity index (χ4n) is 3.45. The molecule has 0 radical (unpaired) electrons. The highest BCUT2D eigenvalue weighted by Crippen LogP contribution is 2.41. The first-order valence-electron chi connectivity index (χ1n) is 9.02. The summed E-state index contributed by atoms with van der Waals surface area (Å²) in [7, 11) is 3.07. The van der Waals surface area contributed by atoms with Crippen molar-refractivity contribution < 1.29 is 9.47 Å². The second kappa shape index (κ2) is 8.06. The van der Waals surface area contributed by atoms with Crippen LogP contribution in [0, 0.1) is 0 Å². The van der Waals surface area contributed by atoms with Gasteiger partial charge in [-0.15, -0.1) is 0 Å². The van der Waals surface area contributed by atoms with Gasteiger partial charge >= 0.3 is 0 Å². The smallest absolute Gasteiger partial charge is 0.164 e. The van der Waals surface area contributed by atoms with Crippen molar-refractivity contribution >= 4 is 52.2 Å². The topological polar surface area (TPSA) is 100 Å².